The minimum absolute atomic E-state index is 0.167. The lowest BCUT2D eigenvalue weighted by atomic mass is 10.4. The van der Waals surface area contributed by atoms with Crippen molar-refractivity contribution in [2.24, 2.45) is 4.99 Å². The van der Waals surface area contributed by atoms with Gasteiger partial charge in [0, 0.05) is 6.08 Å². The average molecular weight is 274 g/mol. The van der Waals surface area contributed by atoms with E-state index in [1.807, 2.05) is 6.07 Å². The number of aliphatic imine (C=N–C) groups is 1. The van der Waals surface area contributed by atoms with E-state index in [0.29, 0.717) is 22.4 Å². The van der Waals surface area contributed by atoms with Gasteiger partial charge < -0.3 is 14.2 Å². The summed E-state index contributed by atoms with van der Waals surface area (Å²) in [6.45, 7) is 0.406. The Morgan fingerprint density at radius 3 is 2.84 bits per heavy atom. The van der Waals surface area contributed by atoms with Gasteiger partial charge in [-0.2, -0.15) is 0 Å². The first-order valence-electron chi connectivity index (χ1n) is 5.62. The molecular weight excluding hydrogens is 264 g/mol. The molecule has 3 rings (SSSR count). The van der Waals surface area contributed by atoms with Crippen molar-refractivity contribution in [2.75, 3.05) is 0 Å². The van der Waals surface area contributed by atoms with Crippen LogP contribution in [0.2, 0.25) is 0 Å². The molecular formula is C13H10N2O3S. The van der Waals surface area contributed by atoms with Gasteiger partial charge in [-0.3, -0.25) is 9.79 Å². The second kappa shape index (κ2) is 5.19. The minimum Gasteiger partial charge on any atom is -0.467 e. The van der Waals surface area contributed by atoms with E-state index < -0.39 is 0 Å². The highest BCUT2D eigenvalue weighted by Gasteiger charge is 2.23. The number of rotatable bonds is 3. The number of amidine groups is 1. The van der Waals surface area contributed by atoms with Crippen molar-refractivity contribution in [3.05, 3.63) is 53.2 Å². The van der Waals surface area contributed by atoms with E-state index in [9.17, 15) is 4.79 Å². The second-order valence-electron chi connectivity index (χ2n) is 3.78. The molecule has 0 bridgehead atoms. The number of nitrogens with zero attached hydrogens (tertiary/aromatic N) is 1. The molecule has 0 aromatic carbocycles. The van der Waals surface area contributed by atoms with Gasteiger partial charge in [0.15, 0.2) is 5.17 Å². The van der Waals surface area contributed by atoms with Crippen molar-refractivity contribution in [2.45, 2.75) is 6.54 Å². The Bertz CT molecular complexity index is 627. The molecule has 1 N–H and O–H groups in total. The van der Waals surface area contributed by atoms with Crippen LogP contribution in [-0.2, 0) is 11.3 Å². The largest absolute Gasteiger partial charge is 0.467 e. The van der Waals surface area contributed by atoms with Crippen molar-refractivity contribution in [3.8, 4) is 0 Å². The fourth-order valence-corrected chi connectivity index (χ4v) is 2.36. The van der Waals surface area contributed by atoms with Gasteiger partial charge in [-0.1, -0.05) is 0 Å². The van der Waals surface area contributed by atoms with E-state index in [1.165, 1.54) is 11.8 Å². The molecule has 0 saturated carbocycles. The predicted molar refractivity (Wildman–Crippen MR) is 72.3 cm³/mol. The Balaban J connectivity index is 1.71. The highest BCUT2D eigenvalue weighted by atomic mass is 32.2. The third-order valence-electron chi connectivity index (χ3n) is 2.43. The molecule has 0 unspecified atom stereocenters. The normalized spacial score (nSPS) is 19.3. The van der Waals surface area contributed by atoms with Crippen LogP contribution in [-0.4, -0.2) is 11.1 Å². The lowest BCUT2D eigenvalue weighted by molar-refractivity contribution is -0.115. The molecule has 1 saturated heterocycles. The standard InChI is InChI=1S/C13H10N2O3S/c16-12-11(7-9-3-1-5-17-9)19-13(15-12)14-8-10-4-2-6-18-10/h1-7H,8H2,(H,14,15,16)/b11-7-. The van der Waals surface area contributed by atoms with Crippen molar-refractivity contribution >= 4 is 28.9 Å². The average Bonchev–Trinajstić information content (AvgIpc) is 3.11. The lowest BCUT2D eigenvalue weighted by Crippen LogP contribution is -2.19. The molecule has 5 nitrogen and oxygen atoms in total. The molecule has 2 aromatic rings. The maximum atomic E-state index is 11.7. The number of amides is 1. The summed E-state index contributed by atoms with van der Waals surface area (Å²) in [5.41, 5.74) is 0. The molecule has 0 atom stereocenters. The van der Waals surface area contributed by atoms with Crippen LogP contribution in [0.25, 0.3) is 6.08 Å². The highest BCUT2D eigenvalue weighted by Crippen LogP contribution is 2.26. The predicted octanol–water partition coefficient (Wildman–Crippen LogP) is 2.63. The van der Waals surface area contributed by atoms with E-state index in [2.05, 4.69) is 10.3 Å². The van der Waals surface area contributed by atoms with Crippen molar-refractivity contribution in [1.29, 1.82) is 0 Å². The zero-order valence-electron chi connectivity index (χ0n) is 9.83. The summed E-state index contributed by atoms with van der Waals surface area (Å²) in [6, 6.07) is 7.21. The van der Waals surface area contributed by atoms with Gasteiger partial charge in [-0.15, -0.1) is 0 Å². The molecule has 1 fully saturated rings. The molecule has 0 spiro atoms. The SMILES string of the molecule is O=C1NC(=NCc2ccco2)S/C1=C\c1ccco1. The first kappa shape index (κ1) is 11.9. The molecule has 19 heavy (non-hydrogen) atoms. The van der Waals surface area contributed by atoms with Crippen LogP contribution in [0.5, 0.6) is 0 Å². The van der Waals surface area contributed by atoms with E-state index in [0.717, 1.165) is 5.76 Å². The van der Waals surface area contributed by atoms with Gasteiger partial charge in [0.25, 0.3) is 5.91 Å². The molecule has 1 aliphatic rings. The maximum absolute atomic E-state index is 11.7. The smallest absolute Gasteiger partial charge is 0.264 e. The van der Waals surface area contributed by atoms with Gasteiger partial charge >= 0.3 is 0 Å². The van der Waals surface area contributed by atoms with E-state index >= 15 is 0 Å². The summed E-state index contributed by atoms with van der Waals surface area (Å²) >= 11 is 1.29. The van der Waals surface area contributed by atoms with Crippen LogP contribution in [0.1, 0.15) is 11.5 Å². The summed E-state index contributed by atoms with van der Waals surface area (Å²) in [5.74, 6) is 1.23. The fourth-order valence-electron chi connectivity index (χ4n) is 1.56. The number of carbonyl (C=O) groups excluding carboxylic acids is 1. The summed E-state index contributed by atoms with van der Waals surface area (Å²) in [4.78, 5) is 16.6. The Hall–Kier alpha value is -2.21. The quantitative estimate of drug-likeness (QED) is 0.874. The van der Waals surface area contributed by atoms with Crippen LogP contribution < -0.4 is 5.32 Å². The first-order valence-corrected chi connectivity index (χ1v) is 6.44. The van der Waals surface area contributed by atoms with Gasteiger partial charge in [0.2, 0.25) is 0 Å². The monoisotopic (exact) mass is 274 g/mol. The molecule has 6 heteroatoms. The van der Waals surface area contributed by atoms with Crippen LogP contribution >= 0.6 is 11.8 Å². The molecule has 2 aromatic heterocycles. The summed E-state index contributed by atoms with van der Waals surface area (Å²) in [7, 11) is 0. The second-order valence-corrected chi connectivity index (χ2v) is 4.81. The topological polar surface area (TPSA) is 67.7 Å². The first-order chi connectivity index (χ1) is 9.31. The Labute approximate surface area is 113 Å². The summed E-state index contributed by atoms with van der Waals surface area (Å²) in [5, 5.41) is 3.27. The van der Waals surface area contributed by atoms with Crippen molar-refractivity contribution in [1.82, 2.24) is 5.32 Å². The highest BCUT2D eigenvalue weighted by molar-refractivity contribution is 8.18. The number of carbonyl (C=O) groups is 1. The Morgan fingerprint density at radius 1 is 1.26 bits per heavy atom. The summed E-state index contributed by atoms with van der Waals surface area (Å²) in [6.07, 6.45) is 4.85. The van der Waals surface area contributed by atoms with E-state index in [-0.39, 0.29) is 5.91 Å². The zero-order chi connectivity index (χ0) is 13.1. The molecule has 0 aliphatic carbocycles. The molecule has 1 amide bonds. The minimum atomic E-state index is -0.167. The van der Waals surface area contributed by atoms with Crippen LogP contribution in [0.4, 0.5) is 0 Å². The number of hydrogen-bond donors (Lipinski definition) is 1. The number of furan rings is 2. The van der Waals surface area contributed by atoms with Crippen molar-refractivity contribution in [3.63, 3.8) is 0 Å². The van der Waals surface area contributed by atoms with Gasteiger partial charge in [0.1, 0.15) is 11.5 Å². The number of nitrogens with one attached hydrogen (secondary N) is 1. The van der Waals surface area contributed by atoms with E-state index in [1.54, 1.807) is 36.8 Å². The molecule has 96 valence electrons. The summed E-state index contributed by atoms with van der Waals surface area (Å²) < 4.78 is 10.3. The lowest BCUT2D eigenvalue weighted by Gasteiger charge is -1.93. The van der Waals surface area contributed by atoms with Crippen molar-refractivity contribution < 1.29 is 13.6 Å². The third kappa shape index (κ3) is 2.79. The Morgan fingerprint density at radius 2 is 2.11 bits per heavy atom. The number of thioether (sulfide) groups is 1. The van der Waals surface area contributed by atoms with E-state index in [4.69, 9.17) is 8.83 Å². The van der Waals surface area contributed by atoms with Gasteiger partial charge in [-0.25, -0.2) is 0 Å². The van der Waals surface area contributed by atoms with Crippen LogP contribution in [0.3, 0.4) is 0 Å². The molecule has 3 heterocycles. The zero-order valence-corrected chi connectivity index (χ0v) is 10.6. The number of hydrogen-bond acceptors (Lipinski definition) is 5. The van der Waals surface area contributed by atoms with Crippen LogP contribution in [0, 0.1) is 0 Å². The molecule has 0 radical (unpaired) electrons. The van der Waals surface area contributed by atoms with Gasteiger partial charge in [0.05, 0.1) is 24.0 Å². The van der Waals surface area contributed by atoms with Crippen LogP contribution in [0.15, 0.2) is 55.5 Å². The maximum Gasteiger partial charge on any atom is 0.264 e. The molecule has 1 aliphatic heterocycles. The van der Waals surface area contributed by atoms with Gasteiger partial charge in [-0.05, 0) is 36.0 Å². The third-order valence-corrected chi connectivity index (χ3v) is 3.37. The Kier molecular flexibility index (Phi) is 3.24. The fraction of sp³-hybridized carbons (Fsp3) is 0.0769.